The molecule has 1 fully saturated rings. The van der Waals surface area contributed by atoms with Crippen LogP contribution in [0.25, 0.3) is 22.4 Å². The van der Waals surface area contributed by atoms with Gasteiger partial charge in [0.2, 0.25) is 11.7 Å². The van der Waals surface area contributed by atoms with E-state index in [1.165, 1.54) is 0 Å². The van der Waals surface area contributed by atoms with E-state index in [1.54, 1.807) is 0 Å². The third kappa shape index (κ3) is 2.41. The van der Waals surface area contributed by atoms with Crippen molar-refractivity contribution < 1.29 is 0 Å². The molecule has 132 valence electrons. The van der Waals surface area contributed by atoms with Gasteiger partial charge in [-0.25, -0.2) is 19.5 Å². The molecule has 8 heteroatoms. The molecule has 4 heterocycles. The zero-order valence-electron chi connectivity index (χ0n) is 14.7. The van der Waals surface area contributed by atoms with Gasteiger partial charge < -0.3 is 10.6 Å². The quantitative estimate of drug-likeness (QED) is 0.586. The summed E-state index contributed by atoms with van der Waals surface area (Å²) in [4.78, 5) is 13.2. The van der Waals surface area contributed by atoms with Crippen LogP contribution in [0.1, 0.15) is 18.5 Å². The molecule has 0 aliphatic heterocycles. The van der Waals surface area contributed by atoms with Gasteiger partial charge in [0.05, 0.1) is 17.9 Å². The molecule has 1 aliphatic rings. The predicted molar refractivity (Wildman–Crippen MR) is 99.2 cm³/mol. The Morgan fingerprint density at radius 1 is 1.08 bits per heavy atom. The third-order valence-electron chi connectivity index (χ3n) is 5.16. The van der Waals surface area contributed by atoms with Crippen LogP contribution in [0.2, 0.25) is 0 Å². The maximum atomic E-state index is 4.60. The van der Waals surface area contributed by atoms with Crippen LogP contribution < -0.4 is 10.6 Å². The molecule has 0 radical (unpaired) electrons. The monoisotopic (exact) mass is 348 g/mol. The van der Waals surface area contributed by atoms with Gasteiger partial charge in [-0.15, -0.1) is 5.10 Å². The summed E-state index contributed by atoms with van der Waals surface area (Å²) in [7, 11) is 2.00. The SMILES string of the molecule is CN[C@H]1C[C@H](Nc2ncc3c(-c4cnc5ncc(C)n5c4)ccn3n2)C1. The molecular weight excluding hydrogens is 328 g/mol. The smallest absolute Gasteiger partial charge is 0.241 e. The lowest BCUT2D eigenvalue weighted by Crippen LogP contribution is -2.46. The first-order valence-electron chi connectivity index (χ1n) is 8.79. The van der Waals surface area contributed by atoms with Crippen molar-refractivity contribution in [2.45, 2.75) is 31.8 Å². The Labute approximate surface area is 150 Å². The number of hydrogen-bond acceptors (Lipinski definition) is 6. The molecule has 1 saturated carbocycles. The van der Waals surface area contributed by atoms with E-state index in [2.05, 4.69) is 36.9 Å². The highest BCUT2D eigenvalue weighted by Gasteiger charge is 2.28. The molecule has 4 aromatic heterocycles. The minimum atomic E-state index is 0.441. The Kier molecular flexibility index (Phi) is 3.39. The molecule has 8 nitrogen and oxygen atoms in total. The van der Waals surface area contributed by atoms with Gasteiger partial charge in [-0.2, -0.15) is 0 Å². The fraction of sp³-hybridized carbons (Fsp3) is 0.333. The Morgan fingerprint density at radius 2 is 1.92 bits per heavy atom. The topological polar surface area (TPSA) is 84.4 Å². The number of rotatable bonds is 4. The van der Waals surface area contributed by atoms with Crippen LogP contribution in [0, 0.1) is 6.92 Å². The largest absolute Gasteiger partial charge is 0.350 e. The molecule has 0 atom stereocenters. The van der Waals surface area contributed by atoms with Gasteiger partial charge in [-0.05, 0) is 32.9 Å². The number of hydrogen-bond donors (Lipinski definition) is 2. The van der Waals surface area contributed by atoms with Gasteiger partial charge in [0.1, 0.15) is 0 Å². The number of aromatic nitrogens is 6. The number of imidazole rings is 1. The third-order valence-corrected chi connectivity index (χ3v) is 5.16. The predicted octanol–water partition coefficient (Wildman–Crippen LogP) is 1.91. The van der Waals surface area contributed by atoms with Crippen molar-refractivity contribution in [3.8, 4) is 11.1 Å². The highest BCUT2D eigenvalue weighted by atomic mass is 15.3. The molecule has 2 N–H and O–H groups in total. The maximum Gasteiger partial charge on any atom is 0.241 e. The highest BCUT2D eigenvalue weighted by Crippen LogP contribution is 2.26. The van der Waals surface area contributed by atoms with E-state index in [0.717, 1.165) is 35.2 Å². The summed E-state index contributed by atoms with van der Waals surface area (Å²) in [5.41, 5.74) is 4.08. The summed E-state index contributed by atoms with van der Waals surface area (Å²) >= 11 is 0. The Morgan fingerprint density at radius 3 is 2.77 bits per heavy atom. The van der Waals surface area contributed by atoms with Gasteiger partial charge in [0.15, 0.2) is 0 Å². The van der Waals surface area contributed by atoms with Crippen LogP contribution in [0.3, 0.4) is 0 Å². The lowest BCUT2D eigenvalue weighted by atomic mass is 9.87. The van der Waals surface area contributed by atoms with E-state index >= 15 is 0 Å². The van der Waals surface area contributed by atoms with Gasteiger partial charge in [-0.3, -0.25) is 4.40 Å². The first-order valence-corrected chi connectivity index (χ1v) is 8.79. The first-order chi connectivity index (χ1) is 12.7. The maximum absolute atomic E-state index is 4.60. The standard InChI is InChI=1S/C18H20N8/c1-11-7-21-18-22-8-12(10-25(11)18)15-3-4-26-16(15)9-20-17(24-26)23-14-5-13(6-14)19-2/h3-4,7-10,13-14,19H,5-6H2,1-2H3,(H,23,24)/t13-,14-. The summed E-state index contributed by atoms with van der Waals surface area (Å²) in [6.07, 6.45) is 11.7. The van der Waals surface area contributed by atoms with E-state index in [0.29, 0.717) is 23.8 Å². The average molecular weight is 348 g/mol. The fourth-order valence-corrected chi connectivity index (χ4v) is 3.49. The molecule has 4 aromatic rings. The zero-order valence-corrected chi connectivity index (χ0v) is 14.7. The Balaban J connectivity index is 1.46. The fourth-order valence-electron chi connectivity index (χ4n) is 3.49. The molecule has 1 aliphatic carbocycles. The summed E-state index contributed by atoms with van der Waals surface area (Å²) in [6.45, 7) is 2.02. The Hall–Kier alpha value is -3.00. The van der Waals surface area contributed by atoms with Crippen molar-refractivity contribution in [1.82, 2.24) is 34.3 Å². The van der Waals surface area contributed by atoms with Crippen LogP contribution >= 0.6 is 0 Å². The first kappa shape index (κ1) is 15.3. The van der Waals surface area contributed by atoms with E-state index in [9.17, 15) is 0 Å². The second kappa shape index (κ2) is 5.77. The lowest BCUT2D eigenvalue weighted by Gasteiger charge is -2.35. The lowest BCUT2D eigenvalue weighted by molar-refractivity contribution is 0.325. The van der Waals surface area contributed by atoms with Crippen molar-refractivity contribution >= 4 is 17.2 Å². The van der Waals surface area contributed by atoms with E-state index in [4.69, 9.17) is 0 Å². The summed E-state index contributed by atoms with van der Waals surface area (Å²) in [5, 5.41) is 11.3. The number of aryl methyl sites for hydroxylation is 1. The molecule has 0 bridgehead atoms. The Bertz CT molecular complexity index is 1090. The molecule has 0 spiro atoms. The highest BCUT2D eigenvalue weighted by molar-refractivity contribution is 5.79. The van der Waals surface area contributed by atoms with Gasteiger partial charge >= 0.3 is 0 Å². The zero-order chi connectivity index (χ0) is 17.7. The second-order valence-electron chi connectivity index (χ2n) is 6.85. The van der Waals surface area contributed by atoms with Gasteiger partial charge in [0, 0.05) is 47.5 Å². The molecule has 0 aromatic carbocycles. The minimum Gasteiger partial charge on any atom is -0.350 e. The molecule has 26 heavy (non-hydrogen) atoms. The minimum absolute atomic E-state index is 0.441. The number of anilines is 1. The van der Waals surface area contributed by atoms with E-state index < -0.39 is 0 Å². The van der Waals surface area contributed by atoms with Crippen molar-refractivity contribution in [3.63, 3.8) is 0 Å². The van der Waals surface area contributed by atoms with Crippen molar-refractivity contribution in [1.29, 1.82) is 0 Å². The van der Waals surface area contributed by atoms with Crippen molar-refractivity contribution in [2.75, 3.05) is 12.4 Å². The van der Waals surface area contributed by atoms with Crippen LogP contribution in [0.4, 0.5) is 5.95 Å². The number of nitrogens with zero attached hydrogens (tertiary/aromatic N) is 6. The van der Waals surface area contributed by atoms with Gasteiger partial charge in [0.25, 0.3) is 0 Å². The average Bonchev–Trinajstić information content (AvgIpc) is 3.21. The van der Waals surface area contributed by atoms with Crippen molar-refractivity contribution in [3.05, 3.63) is 42.7 Å². The summed E-state index contributed by atoms with van der Waals surface area (Å²) in [6, 6.07) is 3.09. The molecule has 0 amide bonds. The molecule has 0 saturated heterocycles. The van der Waals surface area contributed by atoms with Gasteiger partial charge in [-0.1, -0.05) is 0 Å². The van der Waals surface area contributed by atoms with E-state index in [1.807, 2.05) is 53.7 Å². The summed E-state index contributed by atoms with van der Waals surface area (Å²) < 4.78 is 3.86. The van der Waals surface area contributed by atoms with Crippen LogP contribution in [-0.2, 0) is 0 Å². The molecule has 5 rings (SSSR count). The second-order valence-corrected chi connectivity index (χ2v) is 6.85. The van der Waals surface area contributed by atoms with E-state index in [-0.39, 0.29) is 0 Å². The van der Waals surface area contributed by atoms with Crippen molar-refractivity contribution in [2.24, 2.45) is 0 Å². The van der Waals surface area contributed by atoms with Crippen LogP contribution in [0.5, 0.6) is 0 Å². The number of fused-ring (bicyclic) bond motifs is 2. The normalized spacial score (nSPS) is 19.8. The number of nitrogens with one attached hydrogen (secondary N) is 2. The van der Waals surface area contributed by atoms with Crippen LogP contribution in [0.15, 0.2) is 37.1 Å². The molecule has 0 unspecified atom stereocenters. The summed E-state index contributed by atoms with van der Waals surface area (Å²) in [5.74, 6) is 1.37. The van der Waals surface area contributed by atoms with Crippen LogP contribution in [-0.4, -0.2) is 48.1 Å². The molecular formula is C18H20N8.